The molecule has 2 aromatic heterocycles. The Balaban J connectivity index is 1.53. The van der Waals surface area contributed by atoms with Crippen molar-refractivity contribution in [1.82, 2.24) is 25.2 Å². The summed E-state index contributed by atoms with van der Waals surface area (Å²) >= 11 is 5.95. The summed E-state index contributed by atoms with van der Waals surface area (Å²) in [5.74, 6) is -0.303. The van der Waals surface area contributed by atoms with Crippen molar-refractivity contribution in [2.45, 2.75) is 38.0 Å². The van der Waals surface area contributed by atoms with Crippen molar-refractivity contribution in [2.24, 2.45) is 0 Å². The van der Waals surface area contributed by atoms with Crippen molar-refractivity contribution in [3.8, 4) is 11.4 Å². The highest BCUT2D eigenvalue weighted by Gasteiger charge is 2.39. The molecule has 7 nitrogen and oxygen atoms in total. The SMILES string of the molecule is C[C@H](NC(=O)c1cc(C(F)(F)F)nn1C1CC1)c1nc(-c2cccc(Cl)c2)no1. The van der Waals surface area contributed by atoms with Gasteiger partial charge in [0.1, 0.15) is 11.7 Å². The minimum absolute atomic E-state index is 0.113. The second-order valence-electron chi connectivity index (χ2n) is 6.75. The summed E-state index contributed by atoms with van der Waals surface area (Å²) < 4.78 is 45.3. The van der Waals surface area contributed by atoms with Gasteiger partial charge in [-0.25, -0.2) is 0 Å². The molecule has 4 rings (SSSR count). The van der Waals surface area contributed by atoms with Crippen molar-refractivity contribution in [2.75, 3.05) is 0 Å². The van der Waals surface area contributed by atoms with E-state index in [0.29, 0.717) is 23.4 Å². The van der Waals surface area contributed by atoms with Crippen molar-refractivity contribution in [3.63, 3.8) is 0 Å². The first-order valence-electron chi connectivity index (χ1n) is 8.79. The molecular formula is C18H15ClF3N5O2. The number of nitrogens with zero attached hydrogens (tertiary/aromatic N) is 4. The van der Waals surface area contributed by atoms with Gasteiger partial charge < -0.3 is 9.84 Å². The molecule has 1 atom stereocenters. The van der Waals surface area contributed by atoms with Crippen LogP contribution in [0.1, 0.15) is 53.9 Å². The Labute approximate surface area is 167 Å². The minimum atomic E-state index is -4.63. The quantitative estimate of drug-likeness (QED) is 0.653. The average molecular weight is 426 g/mol. The Hall–Kier alpha value is -2.88. The fourth-order valence-corrected chi connectivity index (χ4v) is 2.98. The predicted molar refractivity (Wildman–Crippen MR) is 96.1 cm³/mol. The fourth-order valence-electron chi connectivity index (χ4n) is 2.79. The number of hydrogen-bond acceptors (Lipinski definition) is 5. The van der Waals surface area contributed by atoms with Crippen LogP contribution in [0.2, 0.25) is 5.02 Å². The zero-order chi connectivity index (χ0) is 20.8. The molecule has 152 valence electrons. The number of aromatic nitrogens is 4. The smallest absolute Gasteiger partial charge is 0.339 e. The molecule has 0 aliphatic heterocycles. The summed E-state index contributed by atoms with van der Waals surface area (Å²) in [5.41, 5.74) is -0.614. The van der Waals surface area contributed by atoms with Crippen LogP contribution in [0.25, 0.3) is 11.4 Å². The van der Waals surface area contributed by atoms with Crippen LogP contribution in [0, 0.1) is 0 Å². The highest BCUT2D eigenvalue weighted by atomic mass is 35.5. The van der Waals surface area contributed by atoms with Gasteiger partial charge in [-0.3, -0.25) is 9.48 Å². The van der Waals surface area contributed by atoms with Gasteiger partial charge in [-0.2, -0.15) is 23.3 Å². The zero-order valence-corrected chi connectivity index (χ0v) is 15.8. The molecule has 11 heteroatoms. The average Bonchev–Trinajstić information content (AvgIpc) is 3.20. The van der Waals surface area contributed by atoms with Gasteiger partial charge in [0.25, 0.3) is 5.91 Å². The molecule has 1 saturated carbocycles. The summed E-state index contributed by atoms with van der Waals surface area (Å²) in [4.78, 5) is 16.8. The number of benzene rings is 1. The Bertz CT molecular complexity index is 1060. The van der Waals surface area contributed by atoms with Crippen LogP contribution < -0.4 is 5.32 Å². The second-order valence-corrected chi connectivity index (χ2v) is 7.19. The van der Waals surface area contributed by atoms with E-state index < -0.39 is 23.8 Å². The van der Waals surface area contributed by atoms with Crippen molar-refractivity contribution >= 4 is 17.5 Å². The fraction of sp³-hybridized carbons (Fsp3) is 0.333. The zero-order valence-electron chi connectivity index (χ0n) is 15.1. The van der Waals surface area contributed by atoms with E-state index in [1.165, 1.54) is 0 Å². The molecule has 1 aliphatic carbocycles. The number of nitrogens with one attached hydrogen (secondary N) is 1. The molecule has 29 heavy (non-hydrogen) atoms. The lowest BCUT2D eigenvalue weighted by atomic mass is 10.2. The molecule has 3 aromatic rings. The second kappa shape index (κ2) is 7.18. The van der Waals surface area contributed by atoms with Gasteiger partial charge >= 0.3 is 6.18 Å². The number of carbonyl (C=O) groups excluding carboxylic acids is 1. The summed E-state index contributed by atoms with van der Waals surface area (Å²) in [6, 6.07) is 6.68. The molecule has 2 heterocycles. The Morgan fingerprint density at radius 2 is 2.10 bits per heavy atom. The lowest BCUT2D eigenvalue weighted by molar-refractivity contribution is -0.141. The molecule has 1 aliphatic rings. The Kier molecular flexibility index (Phi) is 4.81. The van der Waals surface area contributed by atoms with Gasteiger partial charge in [0.15, 0.2) is 5.69 Å². The molecule has 0 radical (unpaired) electrons. The number of halogens is 4. The van der Waals surface area contributed by atoms with E-state index in [1.54, 1.807) is 31.2 Å². The van der Waals surface area contributed by atoms with E-state index in [-0.39, 0.29) is 23.5 Å². The van der Waals surface area contributed by atoms with Crippen molar-refractivity contribution < 1.29 is 22.5 Å². The normalized spacial score (nSPS) is 15.3. The third-order valence-electron chi connectivity index (χ3n) is 4.39. The van der Waals surface area contributed by atoms with Gasteiger partial charge in [0, 0.05) is 16.7 Å². The predicted octanol–water partition coefficient (Wildman–Crippen LogP) is 4.43. The maximum absolute atomic E-state index is 13.0. The number of hydrogen-bond donors (Lipinski definition) is 1. The van der Waals surface area contributed by atoms with Crippen LogP contribution in [-0.2, 0) is 6.18 Å². The van der Waals surface area contributed by atoms with Crippen LogP contribution in [0.15, 0.2) is 34.9 Å². The summed E-state index contributed by atoms with van der Waals surface area (Å²) in [5, 5.41) is 10.5. The van der Waals surface area contributed by atoms with Crippen molar-refractivity contribution in [3.05, 3.63) is 52.6 Å². The maximum atomic E-state index is 13.0. The molecule has 0 saturated heterocycles. The first kappa shape index (κ1) is 19.4. The van der Waals surface area contributed by atoms with Gasteiger partial charge in [0.05, 0.1) is 6.04 Å². The molecule has 0 unspecified atom stereocenters. The molecule has 0 bridgehead atoms. The van der Waals surface area contributed by atoms with Crippen LogP contribution >= 0.6 is 11.6 Å². The third-order valence-corrected chi connectivity index (χ3v) is 4.63. The van der Waals surface area contributed by atoms with E-state index >= 15 is 0 Å². The van der Waals surface area contributed by atoms with E-state index in [4.69, 9.17) is 16.1 Å². The summed E-state index contributed by atoms with van der Waals surface area (Å²) in [6.45, 7) is 1.59. The molecular weight excluding hydrogens is 411 g/mol. The highest BCUT2D eigenvalue weighted by molar-refractivity contribution is 6.30. The van der Waals surface area contributed by atoms with E-state index in [2.05, 4.69) is 20.6 Å². The summed E-state index contributed by atoms with van der Waals surface area (Å²) in [6.07, 6.45) is -3.26. The molecule has 1 amide bonds. The van der Waals surface area contributed by atoms with E-state index in [9.17, 15) is 18.0 Å². The number of alkyl halides is 3. The first-order chi connectivity index (χ1) is 13.7. The number of rotatable bonds is 5. The minimum Gasteiger partial charge on any atom is -0.339 e. The van der Waals surface area contributed by atoms with Gasteiger partial charge in [-0.1, -0.05) is 28.9 Å². The lowest BCUT2D eigenvalue weighted by Gasteiger charge is -2.10. The van der Waals surface area contributed by atoms with Gasteiger partial charge in [-0.05, 0) is 31.9 Å². The monoisotopic (exact) mass is 425 g/mol. The third kappa shape index (κ3) is 4.12. The lowest BCUT2D eigenvalue weighted by Crippen LogP contribution is -2.29. The molecule has 1 fully saturated rings. The molecule has 1 aromatic carbocycles. The van der Waals surface area contributed by atoms with Crippen molar-refractivity contribution in [1.29, 1.82) is 0 Å². The standard InChI is InChI=1S/C18H15ClF3N5O2/c1-9(17-24-15(26-29-17)10-3-2-4-11(19)7-10)23-16(28)13-8-14(18(20,21)22)25-27(13)12-5-6-12/h2-4,7-9,12H,5-6H2,1H3,(H,23,28)/t9-/m0/s1. The molecule has 1 N–H and O–H groups in total. The Morgan fingerprint density at radius 1 is 1.34 bits per heavy atom. The molecule has 0 spiro atoms. The van der Waals surface area contributed by atoms with Crippen LogP contribution in [0.5, 0.6) is 0 Å². The highest BCUT2D eigenvalue weighted by Crippen LogP contribution is 2.38. The van der Waals surface area contributed by atoms with E-state index in [1.807, 2.05) is 0 Å². The van der Waals surface area contributed by atoms with Crippen LogP contribution in [0.4, 0.5) is 13.2 Å². The van der Waals surface area contributed by atoms with E-state index in [0.717, 1.165) is 10.7 Å². The topological polar surface area (TPSA) is 85.8 Å². The van der Waals surface area contributed by atoms with Crippen LogP contribution in [0.3, 0.4) is 0 Å². The maximum Gasteiger partial charge on any atom is 0.435 e. The van der Waals surface area contributed by atoms with Crippen LogP contribution in [-0.4, -0.2) is 25.8 Å². The number of amides is 1. The number of carbonyl (C=O) groups is 1. The first-order valence-corrected chi connectivity index (χ1v) is 9.17. The van der Waals surface area contributed by atoms with Gasteiger partial charge in [0.2, 0.25) is 11.7 Å². The Morgan fingerprint density at radius 3 is 2.76 bits per heavy atom. The van der Waals surface area contributed by atoms with Gasteiger partial charge in [-0.15, -0.1) is 0 Å². The largest absolute Gasteiger partial charge is 0.435 e. The summed E-state index contributed by atoms with van der Waals surface area (Å²) in [7, 11) is 0.